The van der Waals surface area contributed by atoms with Crippen molar-refractivity contribution in [1.82, 2.24) is 9.55 Å². The Balaban J connectivity index is 1.94. The Kier molecular flexibility index (Phi) is 7.61. The molecule has 1 atom stereocenters. The van der Waals surface area contributed by atoms with E-state index in [1.54, 1.807) is 35.0 Å². The smallest absolute Gasteiger partial charge is 0.341 e. The number of aromatic carboxylic acids is 1. The van der Waals surface area contributed by atoms with Crippen molar-refractivity contribution >= 4 is 28.5 Å². The highest BCUT2D eigenvalue weighted by atomic mass is 35.5. The molecule has 0 fully saturated rings. The summed E-state index contributed by atoms with van der Waals surface area (Å²) < 4.78 is 22.3. The molecule has 2 N–H and O–H groups in total. The SMILES string of the molecule is COc1cc2c(cc1Cc1cc(-c3ccccn3)cc(Cl)c1F)c(=O)c(C(=O)O)cn2C(CO)C(C)C. The molecular formula is C28H26ClFN2O5. The zero-order chi connectivity index (χ0) is 26.9. The van der Waals surface area contributed by atoms with E-state index >= 15 is 4.39 Å². The van der Waals surface area contributed by atoms with Gasteiger partial charge >= 0.3 is 5.97 Å². The third-order valence-corrected chi connectivity index (χ3v) is 6.70. The van der Waals surface area contributed by atoms with E-state index in [4.69, 9.17) is 16.3 Å². The Bertz CT molecular complexity index is 1540. The summed E-state index contributed by atoms with van der Waals surface area (Å²) in [7, 11) is 1.46. The molecule has 0 aliphatic rings. The lowest BCUT2D eigenvalue weighted by molar-refractivity contribution is 0.0694. The highest BCUT2D eigenvalue weighted by Gasteiger charge is 2.23. The number of ether oxygens (including phenoxy) is 1. The van der Waals surface area contributed by atoms with Crippen molar-refractivity contribution in [2.75, 3.05) is 13.7 Å². The molecule has 0 spiro atoms. The van der Waals surface area contributed by atoms with Gasteiger partial charge < -0.3 is 19.5 Å². The molecule has 0 aliphatic carbocycles. The molecule has 7 nitrogen and oxygen atoms in total. The van der Waals surface area contributed by atoms with Gasteiger partial charge in [0.05, 0.1) is 36.0 Å². The maximum Gasteiger partial charge on any atom is 0.341 e. The van der Waals surface area contributed by atoms with E-state index in [-0.39, 0.29) is 34.9 Å². The summed E-state index contributed by atoms with van der Waals surface area (Å²) in [4.78, 5) is 29.4. The van der Waals surface area contributed by atoms with Crippen molar-refractivity contribution in [1.29, 1.82) is 0 Å². The van der Waals surface area contributed by atoms with Gasteiger partial charge in [-0.1, -0.05) is 31.5 Å². The van der Waals surface area contributed by atoms with Crippen LogP contribution in [0.4, 0.5) is 4.39 Å². The van der Waals surface area contributed by atoms with Gasteiger partial charge in [-0.2, -0.15) is 0 Å². The Labute approximate surface area is 217 Å². The molecule has 4 rings (SSSR count). The molecule has 1 unspecified atom stereocenters. The van der Waals surface area contributed by atoms with Gasteiger partial charge in [0.1, 0.15) is 17.1 Å². The minimum absolute atomic E-state index is 0.0235. The fourth-order valence-corrected chi connectivity index (χ4v) is 4.70. The summed E-state index contributed by atoms with van der Waals surface area (Å²) in [6.45, 7) is 3.51. The largest absolute Gasteiger partial charge is 0.496 e. The summed E-state index contributed by atoms with van der Waals surface area (Å²) in [6, 6.07) is 11.2. The van der Waals surface area contributed by atoms with Gasteiger partial charge in [-0.15, -0.1) is 0 Å². The van der Waals surface area contributed by atoms with Gasteiger partial charge in [-0.3, -0.25) is 9.78 Å². The van der Waals surface area contributed by atoms with E-state index in [1.807, 2.05) is 19.9 Å². The van der Waals surface area contributed by atoms with Crippen LogP contribution >= 0.6 is 11.6 Å². The number of hydrogen-bond acceptors (Lipinski definition) is 5. The monoisotopic (exact) mass is 524 g/mol. The molecule has 0 aliphatic heterocycles. The van der Waals surface area contributed by atoms with Crippen LogP contribution in [-0.4, -0.2) is 39.5 Å². The number of fused-ring (bicyclic) bond motifs is 1. The number of hydrogen-bond donors (Lipinski definition) is 2. The summed E-state index contributed by atoms with van der Waals surface area (Å²) in [6.07, 6.45) is 2.90. The second-order valence-electron chi connectivity index (χ2n) is 9.08. The van der Waals surface area contributed by atoms with Crippen molar-refractivity contribution in [3.8, 4) is 17.0 Å². The maximum atomic E-state index is 15.1. The summed E-state index contributed by atoms with van der Waals surface area (Å²) in [5, 5.41) is 19.8. The lowest BCUT2D eigenvalue weighted by Gasteiger charge is -2.25. The van der Waals surface area contributed by atoms with Crippen LogP contribution in [0.2, 0.25) is 5.02 Å². The van der Waals surface area contributed by atoms with Gasteiger partial charge in [-0.25, -0.2) is 9.18 Å². The zero-order valence-corrected chi connectivity index (χ0v) is 21.3. The molecular weight excluding hydrogens is 499 g/mol. The van der Waals surface area contributed by atoms with Crippen LogP contribution < -0.4 is 10.2 Å². The number of benzene rings is 2. The van der Waals surface area contributed by atoms with Gasteiger partial charge in [-0.05, 0) is 47.4 Å². The van der Waals surface area contributed by atoms with E-state index in [1.165, 1.54) is 25.4 Å². The van der Waals surface area contributed by atoms with Crippen LogP contribution in [0.1, 0.15) is 41.4 Å². The molecule has 9 heteroatoms. The highest BCUT2D eigenvalue weighted by molar-refractivity contribution is 6.31. The number of aliphatic hydroxyl groups excluding tert-OH is 1. The predicted octanol–water partition coefficient (Wildman–Crippen LogP) is 5.34. The molecule has 192 valence electrons. The molecule has 0 radical (unpaired) electrons. The third-order valence-electron chi connectivity index (χ3n) is 6.42. The molecule has 0 saturated carbocycles. The van der Waals surface area contributed by atoms with Crippen LogP contribution in [0.5, 0.6) is 5.75 Å². The summed E-state index contributed by atoms with van der Waals surface area (Å²) in [5.41, 5.74) is 1.28. The maximum absolute atomic E-state index is 15.1. The van der Waals surface area contributed by atoms with Crippen LogP contribution in [0.15, 0.2) is 59.7 Å². The molecule has 0 saturated heterocycles. The first-order valence-corrected chi connectivity index (χ1v) is 12.0. The molecule has 2 heterocycles. The minimum Gasteiger partial charge on any atom is -0.496 e. The van der Waals surface area contributed by atoms with Crippen molar-refractivity contribution in [3.63, 3.8) is 0 Å². The standard InChI is InChI=1S/C28H26ClFN2O5/c1-15(2)24(14-33)32-13-20(28(35)36)27(34)19-10-17(25(37-3)12-23(19)32)9-18-8-16(11-21(29)26(18)30)22-6-4-5-7-31-22/h4-8,10-13,15,24,33H,9,14H2,1-3H3,(H,35,36). The number of aliphatic hydroxyl groups is 1. The summed E-state index contributed by atoms with van der Waals surface area (Å²) >= 11 is 6.21. The summed E-state index contributed by atoms with van der Waals surface area (Å²) in [5.74, 6) is -1.67. The Morgan fingerprint density at radius 3 is 2.54 bits per heavy atom. The fourth-order valence-electron chi connectivity index (χ4n) is 4.46. The van der Waals surface area contributed by atoms with Crippen molar-refractivity contribution in [3.05, 3.63) is 92.6 Å². The van der Waals surface area contributed by atoms with Gasteiger partial charge in [0.25, 0.3) is 0 Å². The Morgan fingerprint density at radius 1 is 1.19 bits per heavy atom. The number of carbonyl (C=O) groups is 1. The molecule has 2 aromatic heterocycles. The van der Waals surface area contributed by atoms with Crippen molar-refractivity contribution in [2.45, 2.75) is 26.3 Å². The number of pyridine rings is 2. The van der Waals surface area contributed by atoms with Crippen LogP contribution in [0.25, 0.3) is 22.2 Å². The van der Waals surface area contributed by atoms with Gasteiger partial charge in [0.15, 0.2) is 0 Å². The van der Waals surface area contributed by atoms with Gasteiger partial charge in [0, 0.05) is 35.8 Å². The molecule has 37 heavy (non-hydrogen) atoms. The second kappa shape index (κ2) is 10.7. The normalized spacial score (nSPS) is 12.2. The van der Waals surface area contributed by atoms with E-state index in [9.17, 15) is 19.8 Å². The molecule has 0 amide bonds. The second-order valence-corrected chi connectivity index (χ2v) is 9.49. The Morgan fingerprint density at radius 2 is 1.95 bits per heavy atom. The third kappa shape index (κ3) is 5.08. The lowest BCUT2D eigenvalue weighted by Crippen LogP contribution is -2.25. The Hall–Kier alpha value is -3.75. The first-order chi connectivity index (χ1) is 17.7. The lowest BCUT2D eigenvalue weighted by atomic mass is 9.97. The minimum atomic E-state index is -1.38. The zero-order valence-electron chi connectivity index (χ0n) is 20.5. The fraction of sp³-hybridized carbons (Fsp3) is 0.250. The van der Waals surface area contributed by atoms with E-state index in [2.05, 4.69) is 4.98 Å². The highest BCUT2D eigenvalue weighted by Crippen LogP contribution is 2.33. The van der Waals surface area contributed by atoms with E-state index in [0.29, 0.717) is 28.1 Å². The first-order valence-electron chi connectivity index (χ1n) is 11.7. The van der Waals surface area contributed by atoms with E-state index in [0.717, 1.165) is 0 Å². The van der Waals surface area contributed by atoms with Crippen molar-refractivity contribution in [2.24, 2.45) is 5.92 Å². The number of aromatic nitrogens is 2. The number of rotatable bonds is 8. The van der Waals surface area contributed by atoms with E-state index < -0.39 is 28.8 Å². The quantitative estimate of drug-likeness (QED) is 0.322. The van der Waals surface area contributed by atoms with Crippen molar-refractivity contribution < 1.29 is 24.1 Å². The topological polar surface area (TPSA) is 102 Å². The van der Waals surface area contributed by atoms with Crippen LogP contribution in [-0.2, 0) is 6.42 Å². The van der Waals surface area contributed by atoms with Gasteiger partial charge in [0.2, 0.25) is 5.43 Å². The van der Waals surface area contributed by atoms with Crippen LogP contribution in [0.3, 0.4) is 0 Å². The molecule has 0 bridgehead atoms. The molecule has 4 aromatic rings. The predicted molar refractivity (Wildman–Crippen MR) is 140 cm³/mol. The number of nitrogens with zero attached hydrogens (tertiary/aromatic N) is 2. The number of carboxylic acids is 1. The number of methoxy groups -OCH3 is 1. The number of halogens is 2. The molecule has 2 aromatic carbocycles. The van der Waals surface area contributed by atoms with Crippen LogP contribution in [0, 0.1) is 11.7 Å². The average molecular weight is 525 g/mol. The first kappa shape index (κ1) is 26.3. The number of carboxylic acid groups (broad SMARTS) is 1. The average Bonchev–Trinajstić information content (AvgIpc) is 2.88.